The van der Waals surface area contributed by atoms with Crippen LogP contribution in [0.15, 0.2) is 30.7 Å². The molecule has 0 saturated carbocycles. The number of aromatic nitrogens is 3. The zero-order chi connectivity index (χ0) is 18.7. The number of amides is 2. The molecule has 2 aromatic heterocycles. The van der Waals surface area contributed by atoms with E-state index in [0.29, 0.717) is 12.5 Å². The fraction of sp³-hybridized carbons (Fsp3) is 0.526. The van der Waals surface area contributed by atoms with Crippen molar-refractivity contribution in [3.63, 3.8) is 0 Å². The van der Waals surface area contributed by atoms with Crippen LogP contribution < -0.4 is 5.32 Å². The molecule has 1 aliphatic rings. The van der Waals surface area contributed by atoms with Gasteiger partial charge in [-0.1, -0.05) is 0 Å². The number of aryl methyl sites for hydroxylation is 2. The van der Waals surface area contributed by atoms with Crippen molar-refractivity contribution in [2.45, 2.75) is 25.8 Å². The molecule has 0 aliphatic carbocycles. The molecule has 1 saturated heterocycles. The predicted molar refractivity (Wildman–Crippen MR) is 102 cm³/mol. The maximum absolute atomic E-state index is 12.6. The van der Waals surface area contributed by atoms with Crippen LogP contribution >= 0.6 is 0 Å². The monoisotopic (exact) mass is 356 g/mol. The molecule has 0 spiro atoms. The molecule has 2 aromatic rings. The van der Waals surface area contributed by atoms with Crippen molar-refractivity contribution in [1.82, 2.24) is 24.6 Å². The van der Waals surface area contributed by atoms with Gasteiger partial charge in [-0.25, -0.2) is 4.79 Å². The molecule has 26 heavy (non-hydrogen) atoms. The minimum Gasteiger partial charge on any atom is -0.327 e. The van der Waals surface area contributed by atoms with E-state index in [2.05, 4.69) is 33.5 Å². The van der Waals surface area contributed by atoms with E-state index in [1.165, 1.54) is 5.56 Å². The summed E-state index contributed by atoms with van der Waals surface area (Å²) in [4.78, 5) is 20.9. The molecule has 3 heterocycles. The van der Waals surface area contributed by atoms with Gasteiger partial charge in [0.1, 0.15) is 0 Å². The van der Waals surface area contributed by atoms with Crippen LogP contribution in [0, 0.1) is 12.8 Å². The normalized spacial score (nSPS) is 20.8. The maximum Gasteiger partial charge on any atom is 0.321 e. The minimum atomic E-state index is -0.0891. The fourth-order valence-corrected chi connectivity index (χ4v) is 3.85. The van der Waals surface area contributed by atoms with E-state index >= 15 is 0 Å². The Morgan fingerprint density at radius 1 is 1.42 bits per heavy atom. The summed E-state index contributed by atoms with van der Waals surface area (Å²) >= 11 is 0. The van der Waals surface area contributed by atoms with E-state index in [4.69, 9.17) is 0 Å². The SMILES string of the molecule is Cc1cc(NC(=O)N(C)C[C@@H]2CCCN(C)[C@H]2c2cnn(C)c2)ccn1. The van der Waals surface area contributed by atoms with Crippen molar-refractivity contribution in [2.75, 3.05) is 32.5 Å². The van der Waals surface area contributed by atoms with Crippen molar-refractivity contribution in [1.29, 1.82) is 0 Å². The topological polar surface area (TPSA) is 66.3 Å². The average molecular weight is 356 g/mol. The van der Waals surface area contributed by atoms with Gasteiger partial charge in [0, 0.05) is 56.0 Å². The van der Waals surface area contributed by atoms with Gasteiger partial charge in [-0.05, 0) is 51.4 Å². The molecule has 140 valence electrons. The zero-order valence-corrected chi connectivity index (χ0v) is 16.0. The Kier molecular flexibility index (Phi) is 5.56. The molecule has 7 heteroatoms. The van der Waals surface area contributed by atoms with Crippen LogP contribution in [0.4, 0.5) is 10.5 Å². The van der Waals surface area contributed by atoms with E-state index in [1.54, 1.807) is 11.1 Å². The van der Waals surface area contributed by atoms with E-state index in [1.807, 2.05) is 44.0 Å². The molecule has 1 fully saturated rings. The van der Waals surface area contributed by atoms with Crippen LogP contribution in [0.1, 0.15) is 30.1 Å². The third-order valence-corrected chi connectivity index (χ3v) is 5.08. The largest absolute Gasteiger partial charge is 0.327 e. The van der Waals surface area contributed by atoms with Gasteiger partial charge in [-0.3, -0.25) is 14.6 Å². The quantitative estimate of drug-likeness (QED) is 0.915. The highest BCUT2D eigenvalue weighted by molar-refractivity contribution is 5.89. The van der Waals surface area contributed by atoms with Gasteiger partial charge < -0.3 is 10.2 Å². The number of rotatable bonds is 4. The van der Waals surface area contributed by atoms with Gasteiger partial charge in [0.15, 0.2) is 0 Å². The summed E-state index contributed by atoms with van der Waals surface area (Å²) in [6.07, 6.45) is 7.99. The lowest BCUT2D eigenvalue weighted by Crippen LogP contribution is -2.43. The number of likely N-dealkylation sites (tertiary alicyclic amines) is 1. The van der Waals surface area contributed by atoms with Crippen molar-refractivity contribution in [2.24, 2.45) is 13.0 Å². The molecule has 2 amide bonds. The van der Waals surface area contributed by atoms with E-state index in [9.17, 15) is 4.79 Å². The zero-order valence-electron chi connectivity index (χ0n) is 16.0. The first kappa shape index (κ1) is 18.4. The number of anilines is 1. The molecule has 1 N–H and O–H groups in total. The van der Waals surface area contributed by atoms with Gasteiger partial charge in [0.05, 0.1) is 6.20 Å². The van der Waals surface area contributed by atoms with Crippen LogP contribution in [0.25, 0.3) is 0 Å². The number of urea groups is 1. The maximum atomic E-state index is 12.6. The first-order chi connectivity index (χ1) is 12.4. The number of nitrogens with one attached hydrogen (secondary N) is 1. The molecule has 0 bridgehead atoms. The lowest BCUT2D eigenvalue weighted by Gasteiger charge is -2.40. The van der Waals surface area contributed by atoms with Gasteiger partial charge in [0.2, 0.25) is 0 Å². The summed E-state index contributed by atoms with van der Waals surface area (Å²) in [7, 11) is 5.96. The third-order valence-electron chi connectivity index (χ3n) is 5.08. The van der Waals surface area contributed by atoms with Crippen molar-refractivity contribution >= 4 is 11.7 Å². The highest BCUT2D eigenvalue weighted by Crippen LogP contribution is 2.35. The Balaban J connectivity index is 1.67. The highest BCUT2D eigenvalue weighted by atomic mass is 16.2. The van der Waals surface area contributed by atoms with Crippen LogP contribution in [-0.2, 0) is 7.05 Å². The summed E-state index contributed by atoms with van der Waals surface area (Å²) in [6.45, 7) is 3.69. The summed E-state index contributed by atoms with van der Waals surface area (Å²) in [6, 6.07) is 3.88. The summed E-state index contributed by atoms with van der Waals surface area (Å²) in [5.74, 6) is 0.382. The second-order valence-electron chi connectivity index (χ2n) is 7.27. The smallest absolute Gasteiger partial charge is 0.321 e. The predicted octanol–water partition coefficient (Wildman–Crippen LogP) is 2.67. The number of carbonyl (C=O) groups is 1. The molecule has 3 rings (SSSR count). The third kappa shape index (κ3) is 4.22. The summed E-state index contributed by atoms with van der Waals surface area (Å²) < 4.78 is 1.84. The molecule has 0 radical (unpaired) electrons. The molecule has 7 nitrogen and oxygen atoms in total. The van der Waals surface area contributed by atoms with E-state index < -0.39 is 0 Å². The Bertz CT molecular complexity index is 758. The molecule has 0 unspecified atom stereocenters. The van der Waals surface area contributed by atoms with E-state index in [0.717, 1.165) is 30.8 Å². The van der Waals surface area contributed by atoms with Crippen molar-refractivity contribution in [3.05, 3.63) is 42.0 Å². The Hall–Kier alpha value is -2.41. The second kappa shape index (κ2) is 7.86. The van der Waals surface area contributed by atoms with Gasteiger partial charge in [0.25, 0.3) is 0 Å². The number of piperidine rings is 1. The van der Waals surface area contributed by atoms with Gasteiger partial charge in [-0.15, -0.1) is 0 Å². The van der Waals surface area contributed by atoms with E-state index in [-0.39, 0.29) is 12.1 Å². The Morgan fingerprint density at radius 3 is 2.92 bits per heavy atom. The number of carbonyl (C=O) groups excluding carboxylic acids is 1. The fourth-order valence-electron chi connectivity index (χ4n) is 3.85. The second-order valence-corrected chi connectivity index (χ2v) is 7.27. The number of pyridine rings is 1. The van der Waals surface area contributed by atoms with Crippen LogP contribution in [0.3, 0.4) is 0 Å². The first-order valence-electron chi connectivity index (χ1n) is 9.07. The van der Waals surface area contributed by atoms with Crippen molar-refractivity contribution < 1.29 is 4.79 Å². The molecule has 0 aromatic carbocycles. The highest BCUT2D eigenvalue weighted by Gasteiger charge is 2.32. The van der Waals surface area contributed by atoms with Gasteiger partial charge in [-0.2, -0.15) is 5.10 Å². The molecule has 1 aliphatic heterocycles. The standard InChI is InChI=1S/C19H28N6O/c1-14-10-17(7-8-20-14)22-19(26)24(3)12-15-6-5-9-23(2)18(15)16-11-21-25(4)13-16/h7-8,10-11,13,15,18H,5-6,9,12H2,1-4H3,(H,20,22,26)/t15-,18+/m0/s1. The van der Waals surface area contributed by atoms with Crippen LogP contribution in [-0.4, -0.2) is 57.8 Å². The number of hydrogen-bond donors (Lipinski definition) is 1. The summed E-state index contributed by atoms with van der Waals surface area (Å²) in [5.41, 5.74) is 2.88. The van der Waals surface area contributed by atoms with Gasteiger partial charge >= 0.3 is 6.03 Å². The Morgan fingerprint density at radius 2 is 2.23 bits per heavy atom. The van der Waals surface area contributed by atoms with Crippen molar-refractivity contribution in [3.8, 4) is 0 Å². The number of hydrogen-bond acceptors (Lipinski definition) is 4. The number of nitrogens with zero attached hydrogens (tertiary/aromatic N) is 5. The average Bonchev–Trinajstić information content (AvgIpc) is 3.01. The lowest BCUT2D eigenvalue weighted by atomic mass is 9.86. The first-order valence-corrected chi connectivity index (χ1v) is 9.07. The molecule has 2 atom stereocenters. The molecular weight excluding hydrogens is 328 g/mol. The molecular formula is C19H28N6O. The van der Waals surface area contributed by atoms with Crippen LogP contribution in [0.5, 0.6) is 0 Å². The minimum absolute atomic E-state index is 0.0891. The van der Waals surface area contributed by atoms with Crippen LogP contribution in [0.2, 0.25) is 0 Å². The Labute approximate surface area is 155 Å². The summed E-state index contributed by atoms with van der Waals surface area (Å²) in [5, 5.41) is 7.29. The lowest BCUT2D eigenvalue weighted by molar-refractivity contribution is 0.101.